The molecule has 2 aromatic rings. The fraction of sp³-hybridized carbons (Fsp3) is 0.429. The van der Waals surface area contributed by atoms with Crippen LogP contribution in [0.5, 0.6) is 0 Å². The average molecular weight is 276 g/mol. The van der Waals surface area contributed by atoms with Crippen molar-refractivity contribution in [1.29, 1.82) is 0 Å². The maximum atomic E-state index is 12.2. The standard InChI is InChI=1S/C14H20N4O2/c1-10(9-15)16-13(19)7-8-18-12-6-4-3-5-11(12)17(2)14(18)20/h3-6,10H,7-9,15H2,1-2H3,(H,16,19)/t10-/m0/s1. The first kappa shape index (κ1) is 14.3. The van der Waals surface area contributed by atoms with E-state index in [0.717, 1.165) is 11.0 Å². The molecule has 20 heavy (non-hydrogen) atoms. The first-order valence-electron chi connectivity index (χ1n) is 6.68. The van der Waals surface area contributed by atoms with Gasteiger partial charge in [-0.25, -0.2) is 4.79 Å². The molecule has 0 aliphatic carbocycles. The molecule has 6 heteroatoms. The second-order valence-corrected chi connectivity index (χ2v) is 4.94. The van der Waals surface area contributed by atoms with E-state index in [1.54, 1.807) is 16.2 Å². The molecule has 3 N–H and O–H groups in total. The van der Waals surface area contributed by atoms with Crippen molar-refractivity contribution in [2.75, 3.05) is 6.54 Å². The van der Waals surface area contributed by atoms with Crippen molar-refractivity contribution in [3.63, 3.8) is 0 Å². The number of aromatic nitrogens is 2. The third-order valence-electron chi connectivity index (χ3n) is 3.38. The van der Waals surface area contributed by atoms with Gasteiger partial charge in [-0.2, -0.15) is 0 Å². The molecule has 0 radical (unpaired) electrons. The molecule has 1 amide bonds. The van der Waals surface area contributed by atoms with Gasteiger partial charge in [0.25, 0.3) is 0 Å². The smallest absolute Gasteiger partial charge is 0.328 e. The number of carbonyl (C=O) groups excluding carboxylic acids is 1. The molecule has 0 unspecified atom stereocenters. The zero-order valence-electron chi connectivity index (χ0n) is 11.8. The van der Waals surface area contributed by atoms with Crippen molar-refractivity contribution in [2.45, 2.75) is 25.9 Å². The summed E-state index contributed by atoms with van der Waals surface area (Å²) in [5.41, 5.74) is 7.07. The first-order chi connectivity index (χ1) is 9.54. The van der Waals surface area contributed by atoms with Crippen LogP contribution in [0.2, 0.25) is 0 Å². The molecule has 2 rings (SSSR count). The highest BCUT2D eigenvalue weighted by Crippen LogP contribution is 2.11. The number of hydrogen-bond acceptors (Lipinski definition) is 3. The summed E-state index contributed by atoms with van der Waals surface area (Å²) in [6.45, 7) is 2.62. The highest BCUT2D eigenvalue weighted by atomic mass is 16.2. The normalized spacial score (nSPS) is 12.6. The van der Waals surface area contributed by atoms with Crippen LogP contribution in [0.25, 0.3) is 11.0 Å². The fourth-order valence-electron chi connectivity index (χ4n) is 2.20. The van der Waals surface area contributed by atoms with E-state index in [1.807, 2.05) is 31.2 Å². The Kier molecular flexibility index (Phi) is 4.24. The number of amides is 1. The lowest BCUT2D eigenvalue weighted by Gasteiger charge is -2.11. The predicted octanol–water partition coefficient (Wildman–Crippen LogP) is 0.194. The molecule has 108 valence electrons. The molecule has 1 aromatic carbocycles. The topological polar surface area (TPSA) is 82.1 Å². The number of nitrogens with zero attached hydrogens (tertiary/aromatic N) is 2. The number of benzene rings is 1. The van der Waals surface area contributed by atoms with E-state index in [2.05, 4.69) is 5.32 Å². The summed E-state index contributed by atoms with van der Waals surface area (Å²) in [4.78, 5) is 23.9. The summed E-state index contributed by atoms with van der Waals surface area (Å²) in [6.07, 6.45) is 0.262. The highest BCUT2D eigenvalue weighted by Gasteiger charge is 2.12. The maximum Gasteiger partial charge on any atom is 0.328 e. The zero-order valence-corrected chi connectivity index (χ0v) is 11.8. The molecule has 0 saturated carbocycles. The Hall–Kier alpha value is -2.08. The number of fused-ring (bicyclic) bond motifs is 1. The molecule has 0 bridgehead atoms. The lowest BCUT2D eigenvalue weighted by atomic mass is 10.3. The van der Waals surface area contributed by atoms with Crippen LogP contribution in [0.15, 0.2) is 29.1 Å². The van der Waals surface area contributed by atoms with Gasteiger partial charge in [0.2, 0.25) is 5.91 Å². The Bertz CT molecular complexity index is 671. The second-order valence-electron chi connectivity index (χ2n) is 4.94. The minimum atomic E-state index is -0.106. The number of para-hydroxylation sites is 2. The van der Waals surface area contributed by atoms with E-state index in [4.69, 9.17) is 5.73 Å². The van der Waals surface area contributed by atoms with Gasteiger partial charge in [-0.05, 0) is 19.1 Å². The molecule has 6 nitrogen and oxygen atoms in total. The number of nitrogens with one attached hydrogen (secondary N) is 1. The van der Waals surface area contributed by atoms with Crippen LogP contribution in [0, 0.1) is 0 Å². The summed E-state index contributed by atoms with van der Waals surface area (Å²) in [7, 11) is 1.73. The Labute approximate surface area is 117 Å². The molecule has 0 aliphatic heterocycles. The molecular weight excluding hydrogens is 256 g/mol. The van der Waals surface area contributed by atoms with Crippen molar-refractivity contribution < 1.29 is 4.79 Å². The van der Waals surface area contributed by atoms with Crippen LogP contribution in [0.3, 0.4) is 0 Å². The van der Waals surface area contributed by atoms with E-state index in [1.165, 1.54) is 0 Å². The Morgan fingerprint density at radius 3 is 2.65 bits per heavy atom. The third kappa shape index (κ3) is 2.75. The highest BCUT2D eigenvalue weighted by molar-refractivity contribution is 5.78. The molecule has 1 aromatic heterocycles. The van der Waals surface area contributed by atoms with Crippen molar-refractivity contribution in [3.8, 4) is 0 Å². The lowest BCUT2D eigenvalue weighted by molar-refractivity contribution is -0.121. The van der Waals surface area contributed by atoms with E-state index in [0.29, 0.717) is 13.1 Å². The first-order valence-corrected chi connectivity index (χ1v) is 6.68. The minimum absolute atomic E-state index is 0.0493. The third-order valence-corrected chi connectivity index (χ3v) is 3.38. The monoisotopic (exact) mass is 276 g/mol. The quantitative estimate of drug-likeness (QED) is 0.818. The van der Waals surface area contributed by atoms with Crippen LogP contribution < -0.4 is 16.7 Å². The van der Waals surface area contributed by atoms with Gasteiger partial charge in [0.15, 0.2) is 0 Å². The summed E-state index contributed by atoms with van der Waals surface area (Å²) in [5, 5.41) is 2.79. The van der Waals surface area contributed by atoms with Crippen LogP contribution in [-0.4, -0.2) is 27.6 Å². The molecular formula is C14H20N4O2. The van der Waals surface area contributed by atoms with Crippen LogP contribution in [0.1, 0.15) is 13.3 Å². The molecule has 0 saturated heterocycles. The minimum Gasteiger partial charge on any atom is -0.352 e. The number of hydrogen-bond donors (Lipinski definition) is 2. The summed E-state index contributed by atoms with van der Waals surface area (Å²) >= 11 is 0. The lowest BCUT2D eigenvalue weighted by Crippen LogP contribution is -2.38. The van der Waals surface area contributed by atoms with Gasteiger partial charge >= 0.3 is 5.69 Å². The Morgan fingerprint density at radius 1 is 1.35 bits per heavy atom. The number of imidazole rings is 1. The zero-order chi connectivity index (χ0) is 14.7. The molecule has 1 atom stereocenters. The van der Waals surface area contributed by atoms with Crippen LogP contribution >= 0.6 is 0 Å². The van der Waals surface area contributed by atoms with Crippen molar-refractivity contribution >= 4 is 16.9 Å². The van der Waals surface area contributed by atoms with Gasteiger partial charge in [0, 0.05) is 32.6 Å². The Balaban J connectivity index is 2.16. The Morgan fingerprint density at radius 2 is 2.00 bits per heavy atom. The second kappa shape index (κ2) is 5.92. The van der Waals surface area contributed by atoms with Crippen molar-refractivity contribution in [3.05, 3.63) is 34.7 Å². The fourth-order valence-corrected chi connectivity index (χ4v) is 2.20. The van der Waals surface area contributed by atoms with Gasteiger partial charge in [-0.15, -0.1) is 0 Å². The van der Waals surface area contributed by atoms with Gasteiger partial charge in [-0.1, -0.05) is 12.1 Å². The van der Waals surface area contributed by atoms with Gasteiger partial charge in [0.05, 0.1) is 11.0 Å². The van der Waals surface area contributed by atoms with E-state index in [9.17, 15) is 9.59 Å². The predicted molar refractivity (Wildman–Crippen MR) is 78.5 cm³/mol. The van der Waals surface area contributed by atoms with E-state index < -0.39 is 0 Å². The summed E-state index contributed by atoms with van der Waals surface area (Å²) < 4.78 is 3.22. The van der Waals surface area contributed by atoms with E-state index >= 15 is 0 Å². The van der Waals surface area contributed by atoms with Crippen LogP contribution in [0.4, 0.5) is 0 Å². The molecule has 0 aliphatic rings. The van der Waals surface area contributed by atoms with E-state index in [-0.39, 0.29) is 24.1 Å². The van der Waals surface area contributed by atoms with Gasteiger partial charge in [0.1, 0.15) is 0 Å². The average Bonchev–Trinajstić information content (AvgIpc) is 2.69. The summed E-state index contributed by atoms with van der Waals surface area (Å²) in [6, 6.07) is 7.50. The molecule has 1 heterocycles. The SMILES string of the molecule is C[C@@H](CN)NC(=O)CCn1c(=O)n(C)c2ccccc21. The van der Waals surface area contributed by atoms with Crippen molar-refractivity contribution in [2.24, 2.45) is 12.8 Å². The maximum absolute atomic E-state index is 12.2. The largest absolute Gasteiger partial charge is 0.352 e. The number of rotatable bonds is 5. The number of aryl methyl sites for hydroxylation is 2. The van der Waals surface area contributed by atoms with Crippen LogP contribution in [-0.2, 0) is 18.4 Å². The van der Waals surface area contributed by atoms with Gasteiger partial charge < -0.3 is 11.1 Å². The molecule has 0 spiro atoms. The number of carbonyl (C=O) groups is 1. The summed E-state index contributed by atoms with van der Waals surface area (Å²) in [5.74, 6) is -0.0946. The van der Waals surface area contributed by atoms with Gasteiger partial charge in [-0.3, -0.25) is 13.9 Å². The number of nitrogens with two attached hydrogens (primary N) is 1. The van der Waals surface area contributed by atoms with Crippen molar-refractivity contribution in [1.82, 2.24) is 14.5 Å². The molecule has 0 fully saturated rings.